The van der Waals surface area contributed by atoms with Crippen LogP contribution in [0.3, 0.4) is 0 Å². The smallest absolute Gasteiger partial charge is 0.407 e. The van der Waals surface area contributed by atoms with Crippen LogP contribution in [0.25, 0.3) is 0 Å². The highest BCUT2D eigenvalue weighted by Crippen LogP contribution is 2.21. The lowest BCUT2D eigenvalue weighted by Gasteiger charge is -2.25. The molecule has 0 fully saturated rings. The monoisotopic (exact) mass is 682 g/mol. The van der Waals surface area contributed by atoms with Crippen molar-refractivity contribution in [3.8, 4) is 11.5 Å². The van der Waals surface area contributed by atoms with Crippen molar-refractivity contribution < 1.29 is 38.1 Å². The van der Waals surface area contributed by atoms with E-state index in [9.17, 15) is 19.2 Å². The second kappa shape index (κ2) is 18.5. The first kappa shape index (κ1) is 36.8. The number of carbonyl (C=O) groups excluding carboxylic acids is 4. The standard InChI is InChI=1S/C38H42N4O8/c1-41(29-15-19-31(47-3)20-16-29)35(43)33(25-27-11-7-5-8-12-27)39-37(45)49-23-24-50-38(46)40-34(26-28-13-9-6-10-14-28)36(44)42(2)30-17-21-32(48-4)22-18-30/h5-22,33-34H,23-26H2,1-4H3,(H,39,45)(H,40,46)/t33-,34-/m0/s1. The number of carbonyl (C=O) groups is 4. The third-order valence-electron chi connectivity index (χ3n) is 7.88. The molecule has 50 heavy (non-hydrogen) atoms. The first-order valence-corrected chi connectivity index (χ1v) is 16.0. The number of likely N-dealkylation sites (N-methyl/N-ethyl adjacent to an activating group) is 2. The summed E-state index contributed by atoms with van der Waals surface area (Å²) in [6, 6.07) is 30.6. The van der Waals surface area contributed by atoms with Crippen molar-refractivity contribution >= 4 is 35.4 Å². The van der Waals surface area contributed by atoms with E-state index in [-0.39, 0.29) is 37.9 Å². The molecule has 0 unspecified atom stereocenters. The van der Waals surface area contributed by atoms with Gasteiger partial charge in [0.05, 0.1) is 14.2 Å². The Bertz CT molecular complexity index is 1560. The zero-order chi connectivity index (χ0) is 35.9. The minimum atomic E-state index is -0.950. The summed E-state index contributed by atoms with van der Waals surface area (Å²) in [5.74, 6) is 0.570. The van der Waals surface area contributed by atoms with E-state index in [1.165, 1.54) is 9.80 Å². The molecule has 0 heterocycles. The fourth-order valence-electron chi connectivity index (χ4n) is 5.07. The molecule has 12 heteroatoms. The maximum Gasteiger partial charge on any atom is 0.407 e. The number of benzene rings is 4. The van der Waals surface area contributed by atoms with Gasteiger partial charge in [0, 0.05) is 38.3 Å². The van der Waals surface area contributed by atoms with Gasteiger partial charge in [-0.05, 0) is 59.7 Å². The van der Waals surface area contributed by atoms with E-state index in [0.29, 0.717) is 22.9 Å². The molecule has 2 atom stereocenters. The number of anilines is 2. The zero-order valence-electron chi connectivity index (χ0n) is 28.5. The van der Waals surface area contributed by atoms with E-state index in [2.05, 4.69) is 10.6 Å². The van der Waals surface area contributed by atoms with Gasteiger partial charge in [0.2, 0.25) is 11.8 Å². The first-order chi connectivity index (χ1) is 24.2. The topological polar surface area (TPSA) is 136 Å². The number of rotatable bonds is 15. The van der Waals surface area contributed by atoms with E-state index in [1.54, 1.807) is 76.8 Å². The minimum Gasteiger partial charge on any atom is -0.497 e. The molecular formula is C38H42N4O8. The second-order valence-electron chi connectivity index (χ2n) is 11.2. The Hall–Kier alpha value is -6.04. The summed E-state index contributed by atoms with van der Waals surface area (Å²) >= 11 is 0. The third kappa shape index (κ3) is 10.7. The van der Waals surface area contributed by atoms with Crippen molar-refractivity contribution in [3.63, 3.8) is 0 Å². The van der Waals surface area contributed by atoms with Crippen molar-refractivity contribution in [2.24, 2.45) is 0 Å². The number of alkyl carbamates (subject to hydrolysis) is 2. The Labute approximate surface area is 291 Å². The molecule has 0 aliphatic heterocycles. The summed E-state index contributed by atoms with van der Waals surface area (Å²) in [6.45, 7) is -0.578. The summed E-state index contributed by atoms with van der Waals surface area (Å²) in [5.41, 5.74) is 2.91. The van der Waals surface area contributed by atoms with E-state index < -0.39 is 24.3 Å². The zero-order valence-corrected chi connectivity index (χ0v) is 28.5. The molecule has 4 aromatic carbocycles. The van der Waals surface area contributed by atoms with Crippen LogP contribution >= 0.6 is 0 Å². The number of hydrogen-bond acceptors (Lipinski definition) is 8. The fourth-order valence-corrected chi connectivity index (χ4v) is 5.07. The number of methoxy groups -OCH3 is 2. The Morgan fingerprint density at radius 3 is 1.20 bits per heavy atom. The molecule has 2 N–H and O–H groups in total. The highest BCUT2D eigenvalue weighted by molar-refractivity contribution is 5.99. The van der Waals surface area contributed by atoms with Crippen LogP contribution in [-0.2, 0) is 31.9 Å². The Morgan fingerprint density at radius 1 is 0.540 bits per heavy atom. The van der Waals surface area contributed by atoms with E-state index in [1.807, 2.05) is 60.7 Å². The van der Waals surface area contributed by atoms with Crippen molar-refractivity contribution in [1.29, 1.82) is 0 Å². The number of amides is 4. The number of nitrogens with zero attached hydrogens (tertiary/aromatic N) is 2. The van der Waals surface area contributed by atoms with Gasteiger partial charge in [-0.15, -0.1) is 0 Å². The van der Waals surface area contributed by atoms with Gasteiger partial charge in [0.15, 0.2) is 0 Å². The van der Waals surface area contributed by atoms with Gasteiger partial charge >= 0.3 is 12.2 Å². The lowest BCUT2D eigenvalue weighted by molar-refractivity contribution is -0.121. The maximum atomic E-state index is 13.5. The lowest BCUT2D eigenvalue weighted by Crippen LogP contribution is -2.49. The predicted molar refractivity (Wildman–Crippen MR) is 190 cm³/mol. The number of nitrogens with one attached hydrogen (secondary N) is 2. The van der Waals surface area contributed by atoms with Gasteiger partial charge in [-0.25, -0.2) is 9.59 Å². The molecule has 0 spiro atoms. The summed E-state index contributed by atoms with van der Waals surface area (Å²) in [5, 5.41) is 5.29. The molecule has 262 valence electrons. The van der Waals surface area contributed by atoms with E-state index in [0.717, 1.165) is 11.1 Å². The lowest BCUT2D eigenvalue weighted by atomic mass is 10.0. The summed E-state index contributed by atoms with van der Waals surface area (Å²) in [6.07, 6.45) is -1.28. The molecule has 4 aromatic rings. The first-order valence-electron chi connectivity index (χ1n) is 16.0. The SMILES string of the molecule is COc1ccc(N(C)C(=O)[C@H](Cc2ccccc2)NC(=O)OCCOC(=O)N[C@@H](Cc2ccccc2)C(=O)N(C)c2ccc(OC)cc2)cc1. The Balaban J connectivity index is 1.33. The number of ether oxygens (including phenoxy) is 4. The minimum absolute atomic E-state index is 0.218. The molecule has 0 aliphatic rings. The van der Waals surface area contributed by atoms with Gasteiger partial charge in [-0.3, -0.25) is 9.59 Å². The van der Waals surface area contributed by atoms with Crippen molar-refractivity contribution in [3.05, 3.63) is 120 Å². The van der Waals surface area contributed by atoms with Crippen molar-refractivity contribution in [2.75, 3.05) is 51.3 Å². The van der Waals surface area contributed by atoms with Crippen molar-refractivity contribution in [1.82, 2.24) is 10.6 Å². The highest BCUT2D eigenvalue weighted by atomic mass is 16.6. The molecule has 4 amide bonds. The Morgan fingerprint density at radius 2 is 0.880 bits per heavy atom. The van der Waals surface area contributed by atoms with Gasteiger partial charge in [-0.2, -0.15) is 0 Å². The summed E-state index contributed by atoms with van der Waals surface area (Å²) in [7, 11) is 6.35. The van der Waals surface area contributed by atoms with E-state index in [4.69, 9.17) is 18.9 Å². The molecule has 0 radical (unpaired) electrons. The van der Waals surface area contributed by atoms with Gasteiger partial charge in [0.25, 0.3) is 0 Å². The predicted octanol–water partition coefficient (Wildman–Crippen LogP) is 5.00. The molecular weight excluding hydrogens is 640 g/mol. The molecule has 0 aliphatic carbocycles. The van der Waals surface area contributed by atoms with Gasteiger partial charge in [0.1, 0.15) is 36.8 Å². The molecule has 12 nitrogen and oxygen atoms in total. The van der Waals surface area contributed by atoms with Crippen LogP contribution in [0, 0.1) is 0 Å². The average molecular weight is 683 g/mol. The summed E-state index contributed by atoms with van der Waals surface area (Å²) < 4.78 is 20.9. The van der Waals surface area contributed by atoms with Crippen LogP contribution < -0.4 is 29.9 Å². The average Bonchev–Trinajstić information content (AvgIpc) is 3.15. The largest absolute Gasteiger partial charge is 0.497 e. The van der Waals surface area contributed by atoms with Crippen LogP contribution in [0.15, 0.2) is 109 Å². The van der Waals surface area contributed by atoms with Gasteiger partial charge in [-0.1, -0.05) is 60.7 Å². The summed E-state index contributed by atoms with van der Waals surface area (Å²) in [4.78, 5) is 55.6. The Kier molecular flexibility index (Phi) is 13.6. The number of hydrogen-bond donors (Lipinski definition) is 2. The van der Waals surface area contributed by atoms with Crippen LogP contribution in [0.4, 0.5) is 21.0 Å². The van der Waals surface area contributed by atoms with Crippen LogP contribution in [-0.4, -0.2) is 77.6 Å². The van der Waals surface area contributed by atoms with E-state index >= 15 is 0 Å². The van der Waals surface area contributed by atoms with Crippen LogP contribution in [0.2, 0.25) is 0 Å². The fraction of sp³-hybridized carbons (Fsp3) is 0.263. The molecule has 0 saturated carbocycles. The molecule has 0 aromatic heterocycles. The second-order valence-corrected chi connectivity index (χ2v) is 11.2. The van der Waals surface area contributed by atoms with Crippen molar-refractivity contribution in [2.45, 2.75) is 24.9 Å². The molecule has 0 saturated heterocycles. The molecule has 0 bridgehead atoms. The highest BCUT2D eigenvalue weighted by Gasteiger charge is 2.27. The maximum absolute atomic E-state index is 13.5. The van der Waals surface area contributed by atoms with Crippen LogP contribution in [0.5, 0.6) is 11.5 Å². The van der Waals surface area contributed by atoms with Crippen LogP contribution in [0.1, 0.15) is 11.1 Å². The quantitative estimate of drug-likeness (QED) is 0.167. The third-order valence-corrected chi connectivity index (χ3v) is 7.88. The normalized spacial score (nSPS) is 11.7. The van der Waals surface area contributed by atoms with Gasteiger partial charge < -0.3 is 39.4 Å². The molecule has 4 rings (SSSR count).